The summed E-state index contributed by atoms with van der Waals surface area (Å²) in [5, 5.41) is 16.7. The molecule has 0 N–H and O–H groups in total. The van der Waals surface area contributed by atoms with Crippen molar-refractivity contribution in [1.82, 2.24) is 4.98 Å². The molecule has 0 radical (unpaired) electrons. The average Bonchev–Trinajstić information content (AvgIpc) is 2.20. The van der Waals surface area contributed by atoms with Crippen LogP contribution in [-0.2, 0) is 6.42 Å². The van der Waals surface area contributed by atoms with Gasteiger partial charge in [-0.3, -0.25) is 4.98 Å². The van der Waals surface area contributed by atoms with Gasteiger partial charge in [-0.25, -0.2) is 13.2 Å². The van der Waals surface area contributed by atoms with E-state index in [2.05, 4.69) is 4.98 Å². The van der Waals surface area contributed by atoms with Crippen molar-refractivity contribution in [2.24, 2.45) is 0 Å². The first-order valence-electron chi connectivity index (χ1n) is 3.84. The van der Waals surface area contributed by atoms with Crippen molar-refractivity contribution < 1.29 is 13.2 Å². The van der Waals surface area contributed by atoms with Crippen LogP contribution in [0.3, 0.4) is 0 Å². The van der Waals surface area contributed by atoms with Crippen LogP contribution in [0.2, 0.25) is 0 Å². The van der Waals surface area contributed by atoms with Gasteiger partial charge in [-0.2, -0.15) is 10.5 Å². The lowest BCUT2D eigenvalue weighted by Gasteiger charge is -2.06. The third-order valence-corrected chi connectivity index (χ3v) is 1.71. The van der Waals surface area contributed by atoms with Crippen LogP contribution in [0.5, 0.6) is 0 Å². The van der Waals surface area contributed by atoms with Gasteiger partial charge >= 0.3 is 0 Å². The molecule has 0 aliphatic heterocycles. The molecular weight excluding hydrogens is 207 g/mol. The van der Waals surface area contributed by atoms with E-state index in [-0.39, 0.29) is 5.69 Å². The minimum Gasteiger partial charge on any atom is -0.256 e. The molecule has 0 fully saturated rings. The molecule has 0 aromatic carbocycles. The minimum atomic E-state index is -3.10. The van der Waals surface area contributed by atoms with Gasteiger partial charge < -0.3 is 0 Å². The van der Waals surface area contributed by atoms with Crippen LogP contribution < -0.4 is 0 Å². The summed E-state index contributed by atoms with van der Waals surface area (Å²) in [5.41, 5.74) is -1.87. The van der Waals surface area contributed by atoms with Gasteiger partial charge in [0.2, 0.25) is 0 Å². The summed E-state index contributed by atoms with van der Waals surface area (Å²) in [6.07, 6.45) is -2.66. The first-order chi connectivity index (χ1) is 7.11. The van der Waals surface area contributed by atoms with Crippen molar-refractivity contribution in [1.29, 1.82) is 10.5 Å². The van der Waals surface area contributed by atoms with Crippen molar-refractivity contribution in [3.05, 3.63) is 28.8 Å². The van der Waals surface area contributed by atoms with Gasteiger partial charge in [0, 0.05) is 6.20 Å². The Morgan fingerprint density at radius 2 is 2.07 bits per heavy atom. The lowest BCUT2D eigenvalue weighted by molar-refractivity contribution is 0.145. The normalized spacial score (nSPS) is 9.73. The summed E-state index contributed by atoms with van der Waals surface area (Å²) in [6, 6.07) is 3.02. The molecule has 0 aliphatic carbocycles. The SMILES string of the molecule is N#CCc1ncc(C#N)c(C(F)F)c1F. The van der Waals surface area contributed by atoms with Gasteiger partial charge in [0.15, 0.2) is 5.82 Å². The maximum Gasteiger partial charge on any atom is 0.268 e. The van der Waals surface area contributed by atoms with Gasteiger partial charge in [-0.05, 0) is 0 Å². The molecule has 0 atom stereocenters. The molecule has 0 saturated carbocycles. The second-order valence-electron chi connectivity index (χ2n) is 2.59. The highest BCUT2D eigenvalue weighted by atomic mass is 19.3. The predicted octanol–water partition coefficient (Wildman–Crippen LogP) is 2.10. The van der Waals surface area contributed by atoms with Crippen LogP contribution in [0.25, 0.3) is 0 Å². The summed E-state index contributed by atoms with van der Waals surface area (Å²) in [7, 11) is 0. The summed E-state index contributed by atoms with van der Waals surface area (Å²) < 4.78 is 38.1. The number of rotatable bonds is 2. The van der Waals surface area contributed by atoms with Crippen LogP contribution in [0, 0.1) is 28.5 Å². The zero-order valence-electron chi connectivity index (χ0n) is 7.34. The van der Waals surface area contributed by atoms with E-state index in [0.29, 0.717) is 0 Å². The first kappa shape index (κ1) is 11.0. The number of alkyl halides is 2. The van der Waals surface area contributed by atoms with Gasteiger partial charge in [0.05, 0.1) is 29.3 Å². The molecule has 76 valence electrons. The highest BCUT2D eigenvalue weighted by Gasteiger charge is 2.22. The van der Waals surface area contributed by atoms with E-state index in [1.165, 1.54) is 6.07 Å². The fourth-order valence-corrected chi connectivity index (χ4v) is 1.04. The Morgan fingerprint density at radius 1 is 1.40 bits per heavy atom. The topological polar surface area (TPSA) is 60.5 Å². The summed E-state index contributed by atoms with van der Waals surface area (Å²) in [5.74, 6) is -1.27. The fourth-order valence-electron chi connectivity index (χ4n) is 1.04. The highest BCUT2D eigenvalue weighted by Crippen LogP contribution is 2.26. The summed E-state index contributed by atoms with van der Waals surface area (Å²) in [6.45, 7) is 0. The van der Waals surface area contributed by atoms with E-state index < -0.39 is 29.8 Å². The van der Waals surface area contributed by atoms with Crippen LogP contribution in [0.15, 0.2) is 6.20 Å². The molecule has 1 heterocycles. The quantitative estimate of drug-likeness (QED) is 0.752. The molecule has 0 unspecified atom stereocenters. The molecule has 0 amide bonds. The van der Waals surface area contributed by atoms with Gasteiger partial charge in [0.25, 0.3) is 6.43 Å². The zero-order chi connectivity index (χ0) is 11.4. The fraction of sp³-hybridized carbons (Fsp3) is 0.222. The van der Waals surface area contributed by atoms with E-state index in [1.54, 1.807) is 6.07 Å². The Hall–Kier alpha value is -2.08. The number of aromatic nitrogens is 1. The number of hydrogen-bond acceptors (Lipinski definition) is 3. The van der Waals surface area contributed by atoms with Gasteiger partial charge in [-0.1, -0.05) is 0 Å². The van der Waals surface area contributed by atoms with Crippen molar-refractivity contribution in [3.8, 4) is 12.1 Å². The number of hydrogen-bond donors (Lipinski definition) is 0. The van der Waals surface area contributed by atoms with Crippen molar-refractivity contribution in [2.45, 2.75) is 12.8 Å². The predicted molar refractivity (Wildman–Crippen MR) is 43.2 cm³/mol. The Balaban J connectivity index is 3.39. The molecule has 0 spiro atoms. The maximum atomic E-state index is 13.3. The number of nitrogens with zero attached hydrogens (tertiary/aromatic N) is 3. The summed E-state index contributed by atoms with van der Waals surface area (Å²) in [4.78, 5) is 3.43. The molecule has 0 saturated heterocycles. The number of nitriles is 2. The lowest BCUT2D eigenvalue weighted by atomic mass is 10.1. The molecule has 0 bridgehead atoms. The number of pyridine rings is 1. The first-order valence-corrected chi connectivity index (χ1v) is 3.84. The molecule has 0 aliphatic rings. The molecule has 15 heavy (non-hydrogen) atoms. The van der Waals surface area contributed by atoms with Crippen molar-refractivity contribution in [3.63, 3.8) is 0 Å². The summed E-state index contributed by atoms with van der Waals surface area (Å²) >= 11 is 0. The van der Waals surface area contributed by atoms with Crippen LogP contribution >= 0.6 is 0 Å². The lowest BCUT2D eigenvalue weighted by Crippen LogP contribution is -2.03. The average molecular weight is 211 g/mol. The Labute approximate surface area is 83.4 Å². The van der Waals surface area contributed by atoms with Crippen molar-refractivity contribution in [2.75, 3.05) is 0 Å². The Morgan fingerprint density at radius 3 is 2.53 bits per heavy atom. The maximum absolute atomic E-state index is 13.3. The van der Waals surface area contributed by atoms with Crippen molar-refractivity contribution >= 4 is 0 Å². The highest BCUT2D eigenvalue weighted by molar-refractivity contribution is 5.39. The third kappa shape index (κ3) is 2.05. The molecule has 1 aromatic rings. The Kier molecular flexibility index (Phi) is 3.25. The largest absolute Gasteiger partial charge is 0.268 e. The van der Waals surface area contributed by atoms with E-state index in [0.717, 1.165) is 6.20 Å². The van der Waals surface area contributed by atoms with E-state index >= 15 is 0 Å². The molecule has 1 rings (SSSR count). The van der Waals surface area contributed by atoms with E-state index in [1.807, 2.05) is 0 Å². The standard InChI is InChI=1S/C9H4F3N3/c10-8-6(1-2-13)15-4-5(3-14)7(8)9(11)12/h4,9H,1H2. The van der Waals surface area contributed by atoms with E-state index in [9.17, 15) is 13.2 Å². The Bertz CT molecular complexity index is 457. The smallest absolute Gasteiger partial charge is 0.256 e. The second-order valence-corrected chi connectivity index (χ2v) is 2.59. The third-order valence-electron chi connectivity index (χ3n) is 1.71. The molecule has 6 heteroatoms. The van der Waals surface area contributed by atoms with Gasteiger partial charge in [0.1, 0.15) is 6.07 Å². The monoisotopic (exact) mass is 211 g/mol. The van der Waals surface area contributed by atoms with Crippen LogP contribution in [-0.4, -0.2) is 4.98 Å². The number of halogens is 3. The zero-order valence-corrected chi connectivity index (χ0v) is 7.34. The van der Waals surface area contributed by atoms with Gasteiger partial charge in [-0.15, -0.1) is 0 Å². The minimum absolute atomic E-state index is 0.369. The molecule has 1 aromatic heterocycles. The molecular formula is C9H4F3N3. The van der Waals surface area contributed by atoms with E-state index in [4.69, 9.17) is 10.5 Å². The van der Waals surface area contributed by atoms with Crippen LogP contribution in [0.1, 0.15) is 23.2 Å². The molecule has 3 nitrogen and oxygen atoms in total. The van der Waals surface area contributed by atoms with Crippen LogP contribution in [0.4, 0.5) is 13.2 Å². The second kappa shape index (κ2) is 4.43.